The van der Waals surface area contributed by atoms with Gasteiger partial charge in [0.15, 0.2) is 0 Å². The van der Waals surface area contributed by atoms with Crippen molar-refractivity contribution in [2.45, 2.75) is 19.5 Å². The number of likely N-dealkylation sites (tertiary alicyclic amines) is 1. The van der Waals surface area contributed by atoms with Crippen LogP contribution in [-0.4, -0.2) is 63.7 Å². The molecule has 1 spiro atoms. The van der Waals surface area contributed by atoms with Crippen molar-refractivity contribution in [2.75, 3.05) is 39.4 Å². The average Bonchev–Trinajstić information content (AvgIpc) is 3.13. The van der Waals surface area contributed by atoms with E-state index in [2.05, 4.69) is 37.4 Å². The van der Waals surface area contributed by atoms with Crippen LogP contribution in [-0.2, 0) is 24.9 Å². The van der Waals surface area contributed by atoms with E-state index in [0.29, 0.717) is 0 Å². The molecule has 4 heterocycles. The van der Waals surface area contributed by atoms with Crippen molar-refractivity contribution in [2.24, 2.45) is 12.5 Å². The second kappa shape index (κ2) is 7.23. The predicted octanol–water partition coefficient (Wildman–Crippen LogP) is 1.54. The molecule has 2 aliphatic rings. The van der Waals surface area contributed by atoms with Gasteiger partial charge in [-0.3, -0.25) is 14.8 Å². The molecule has 6 nitrogen and oxygen atoms in total. The van der Waals surface area contributed by atoms with E-state index in [1.807, 2.05) is 30.9 Å². The Morgan fingerprint density at radius 1 is 1.16 bits per heavy atom. The lowest BCUT2D eigenvalue weighted by atomic mass is 9.87. The Labute approximate surface area is 149 Å². The fourth-order valence-electron chi connectivity index (χ4n) is 4.12. The number of hydrogen-bond acceptors (Lipinski definition) is 5. The molecule has 2 fully saturated rings. The maximum Gasteiger partial charge on any atom is 0.122 e. The number of rotatable bonds is 4. The Kier molecular flexibility index (Phi) is 4.83. The zero-order chi connectivity index (χ0) is 17.1. The van der Waals surface area contributed by atoms with Gasteiger partial charge in [-0.15, -0.1) is 0 Å². The topological polar surface area (TPSA) is 46.4 Å². The molecule has 0 saturated carbocycles. The van der Waals surface area contributed by atoms with Gasteiger partial charge in [0.05, 0.1) is 19.8 Å². The van der Waals surface area contributed by atoms with Gasteiger partial charge in [0.1, 0.15) is 5.82 Å². The number of nitrogens with zero attached hydrogens (tertiary/aromatic N) is 5. The summed E-state index contributed by atoms with van der Waals surface area (Å²) in [7, 11) is 2.07. The third kappa shape index (κ3) is 3.92. The Morgan fingerprint density at radius 3 is 2.80 bits per heavy atom. The summed E-state index contributed by atoms with van der Waals surface area (Å²) in [5.41, 5.74) is 1.52. The fraction of sp³-hybridized carbons (Fsp3) is 0.579. The lowest BCUT2D eigenvalue weighted by Crippen LogP contribution is -2.40. The van der Waals surface area contributed by atoms with Crippen molar-refractivity contribution < 1.29 is 4.74 Å². The highest BCUT2D eigenvalue weighted by Gasteiger charge is 2.41. The quantitative estimate of drug-likeness (QED) is 0.844. The number of imidazole rings is 1. The van der Waals surface area contributed by atoms with Gasteiger partial charge in [-0.1, -0.05) is 6.07 Å². The molecule has 2 saturated heterocycles. The molecule has 4 rings (SSSR count). The zero-order valence-corrected chi connectivity index (χ0v) is 15.0. The minimum atomic E-state index is 0.240. The number of hydrogen-bond donors (Lipinski definition) is 0. The van der Waals surface area contributed by atoms with E-state index in [4.69, 9.17) is 4.74 Å². The molecular formula is C19H27N5O. The molecule has 0 N–H and O–H groups in total. The normalized spacial score (nSPS) is 25.5. The third-order valence-corrected chi connectivity index (χ3v) is 5.45. The molecule has 6 heteroatoms. The summed E-state index contributed by atoms with van der Waals surface area (Å²) in [4.78, 5) is 13.8. The Balaban J connectivity index is 1.41. The van der Waals surface area contributed by atoms with Gasteiger partial charge in [-0.05, 0) is 24.6 Å². The van der Waals surface area contributed by atoms with E-state index in [9.17, 15) is 0 Å². The molecule has 0 aromatic carbocycles. The second-order valence-electron chi connectivity index (χ2n) is 7.54. The zero-order valence-electron chi connectivity index (χ0n) is 15.0. The highest BCUT2D eigenvalue weighted by molar-refractivity contribution is 5.08. The van der Waals surface area contributed by atoms with Crippen molar-refractivity contribution >= 4 is 0 Å². The highest BCUT2D eigenvalue weighted by Crippen LogP contribution is 2.34. The molecule has 1 atom stereocenters. The van der Waals surface area contributed by atoms with Gasteiger partial charge in [0.2, 0.25) is 0 Å². The molecule has 2 aliphatic heterocycles. The first kappa shape index (κ1) is 16.7. The number of aromatic nitrogens is 3. The second-order valence-corrected chi connectivity index (χ2v) is 7.54. The monoisotopic (exact) mass is 341 g/mol. The van der Waals surface area contributed by atoms with Gasteiger partial charge < -0.3 is 9.30 Å². The molecule has 0 bridgehead atoms. The van der Waals surface area contributed by atoms with Crippen molar-refractivity contribution in [3.05, 3.63) is 48.3 Å². The summed E-state index contributed by atoms with van der Waals surface area (Å²) >= 11 is 0. The molecule has 134 valence electrons. The van der Waals surface area contributed by atoms with Gasteiger partial charge in [-0.25, -0.2) is 4.98 Å². The number of pyridine rings is 1. The lowest BCUT2D eigenvalue weighted by molar-refractivity contribution is 0.0703. The van der Waals surface area contributed by atoms with Crippen molar-refractivity contribution in [1.82, 2.24) is 24.3 Å². The van der Waals surface area contributed by atoms with Gasteiger partial charge >= 0.3 is 0 Å². The Hall–Kier alpha value is -1.76. The minimum Gasteiger partial charge on any atom is -0.379 e. The van der Waals surface area contributed by atoms with E-state index in [0.717, 1.165) is 58.3 Å². The van der Waals surface area contributed by atoms with Gasteiger partial charge in [-0.2, -0.15) is 0 Å². The molecular weight excluding hydrogens is 314 g/mol. The van der Waals surface area contributed by atoms with E-state index < -0.39 is 0 Å². The Morgan fingerprint density at radius 2 is 2.04 bits per heavy atom. The smallest absolute Gasteiger partial charge is 0.122 e. The molecule has 0 aliphatic carbocycles. The third-order valence-electron chi connectivity index (χ3n) is 5.45. The summed E-state index contributed by atoms with van der Waals surface area (Å²) in [5.74, 6) is 1.14. The van der Waals surface area contributed by atoms with Crippen molar-refractivity contribution in [3.63, 3.8) is 0 Å². The molecule has 1 unspecified atom stereocenters. The SMILES string of the molecule is Cn1ccnc1CN1CCC2(COCCN(Cc3cccnc3)C2)C1. The molecule has 2 aromatic rings. The largest absolute Gasteiger partial charge is 0.379 e. The van der Waals surface area contributed by atoms with Crippen molar-refractivity contribution in [1.29, 1.82) is 0 Å². The van der Waals surface area contributed by atoms with Crippen LogP contribution in [0.2, 0.25) is 0 Å². The Bertz CT molecular complexity index is 688. The van der Waals surface area contributed by atoms with E-state index in [1.54, 1.807) is 0 Å². The minimum absolute atomic E-state index is 0.240. The van der Waals surface area contributed by atoms with E-state index in [-0.39, 0.29) is 5.41 Å². The number of ether oxygens (including phenoxy) is 1. The summed E-state index contributed by atoms with van der Waals surface area (Å²) in [5, 5.41) is 0. The van der Waals surface area contributed by atoms with Crippen LogP contribution in [0.25, 0.3) is 0 Å². The van der Waals surface area contributed by atoms with Crippen LogP contribution >= 0.6 is 0 Å². The van der Waals surface area contributed by atoms with Gasteiger partial charge in [0.25, 0.3) is 0 Å². The van der Waals surface area contributed by atoms with E-state index in [1.165, 1.54) is 12.0 Å². The predicted molar refractivity (Wildman–Crippen MR) is 95.9 cm³/mol. The maximum absolute atomic E-state index is 6.00. The maximum atomic E-state index is 6.00. The molecule has 25 heavy (non-hydrogen) atoms. The standard InChI is InChI=1S/C19H27N5O/c1-22-8-6-21-18(22)13-23-7-4-19(14-23)15-24(9-10-25-16-19)12-17-3-2-5-20-11-17/h2-3,5-6,8,11H,4,7,9-10,12-16H2,1H3. The molecule has 2 aromatic heterocycles. The van der Waals surface area contributed by atoms with Crippen LogP contribution in [0.3, 0.4) is 0 Å². The first-order valence-corrected chi connectivity index (χ1v) is 9.10. The number of aryl methyl sites for hydroxylation is 1. The van der Waals surface area contributed by atoms with Crippen LogP contribution in [0.5, 0.6) is 0 Å². The molecule has 0 amide bonds. The summed E-state index contributed by atoms with van der Waals surface area (Å²) in [6, 6.07) is 4.18. The van der Waals surface area contributed by atoms with Crippen molar-refractivity contribution in [3.8, 4) is 0 Å². The first-order valence-electron chi connectivity index (χ1n) is 9.10. The van der Waals surface area contributed by atoms with Crippen LogP contribution < -0.4 is 0 Å². The summed E-state index contributed by atoms with van der Waals surface area (Å²) in [6.45, 7) is 7.87. The average molecular weight is 341 g/mol. The molecule has 0 radical (unpaired) electrons. The first-order chi connectivity index (χ1) is 12.2. The summed E-state index contributed by atoms with van der Waals surface area (Å²) in [6.07, 6.45) is 8.90. The van der Waals surface area contributed by atoms with E-state index >= 15 is 0 Å². The van der Waals surface area contributed by atoms with Crippen LogP contribution in [0.1, 0.15) is 17.8 Å². The highest BCUT2D eigenvalue weighted by atomic mass is 16.5. The van der Waals surface area contributed by atoms with Crippen LogP contribution in [0.15, 0.2) is 36.9 Å². The van der Waals surface area contributed by atoms with Gasteiger partial charge in [0, 0.05) is 63.4 Å². The fourth-order valence-corrected chi connectivity index (χ4v) is 4.12. The summed E-state index contributed by atoms with van der Waals surface area (Å²) < 4.78 is 8.12. The van der Waals surface area contributed by atoms with Crippen LogP contribution in [0, 0.1) is 5.41 Å². The van der Waals surface area contributed by atoms with Crippen LogP contribution in [0.4, 0.5) is 0 Å². The lowest BCUT2D eigenvalue weighted by Gasteiger charge is -2.32.